The summed E-state index contributed by atoms with van der Waals surface area (Å²) in [7, 11) is 0. The summed E-state index contributed by atoms with van der Waals surface area (Å²) in [5, 5.41) is 7.68. The topological polar surface area (TPSA) is 105 Å². The standard InChI is InChI=1S/C22H20N6O2S2/c1-13-8-10-15(11-9-13)19-25-27-22(31)28(19)12-17(29)24-26-20(30)18-14(2)23-21(32-18)16-6-4-3-5-7-16/h3-11H,12H2,1-2H3,(H,24,29)(H,26,30)(H,27,31). The lowest BCUT2D eigenvalue weighted by atomic mass is 10.1. The zero-order valence-corrected chi connectivity index (χ0v) is 19.0. The molecule has 0 spiro atoms. The molecule has 3 N–H and O–H groups in total. The number of nitrogens with zero attached hydrogens (tertiary/aromatic N) is 3. The molecule has 32 heavy (non-hydrogen) atoms. The van der Waals surface area contributed by atoms with Gasteiger partial charge in [-0.1, -0.05) is 60.2 Å². The van der Waals surface area contributed by atoms with Crippen LogP contribution in [0.1, 0.15) is 20.9 Å². The quantitative estimate of drug-likeness (QED) is 0.308. The Bertz CT molecular complexity index is 1320. The highest BCUT2D eigenvalue weighted by atomic mass is 32.1. The van der Waals surface area contributed by atoms with E-state index < -0.39 is 11.8 Å². The molecule has 0 aliphatic rings. The molecule has 0 aliphatic carbocycles. The number of nitrogens with one attached hydrogen (secondary N) is 3. The van der Waals surface area contributed by atoms with Crippen LogP contribution >= 0.6 is 23.6 Å². The van der Waals surface area contributed by atoms with E-state index in [9.17, 15) is 9.59 Å². The lowest BCUT2D eigenvalue weighted by Gasteiger charge is -2.09. The molecule has 10 heteroatoms. The maximum Gasteiger partial charge on any atom is 0.281 e. The first-order chi connectivity index (χ1) is 15.4. The molecule has 8 nitrogen and oxygen atoms in total. The van der Waals surface area contributed by atoms with E-state index in [1.54, 1.807) is 11.5 Å². The third-order valence-corrected chi connectivity index (χ3v) is 6.23. The number of thiazole rings is 1. The van der Waals surface area contributed by atoms with Gasteiger partial charge in [0.05, 0.1) is 5.69 Å². The van der Waals surface area contributed by atoms with Gasteiger partial charge in [0.15, 0.2) is 10.6 Å². The number of hydrogen-bond acceptors (Lipinski definition) is 6. The fourth-order valence-corrected chi connectivity index (χ4v) is 4.23. The molecule has 4 rings (SSSR count). The molecule has 2 aromatic heterocycles. The number of aromatic nitrogens is 4. The molecule has 0 saturated carbocycles. The van der Waals surface area contributed by atoms with E-state index in [4.69, 9.17) is 12.2 Å². The summed E-state index contributed by atoms with van der Waals surface area (Å²) in [6.45, 7) is 3.65. The number of aromatic amines is 1. The Morgan fingerprint density at radius 3 is 2.47 bits per heavy atom. The first-order valence-corrected chi connectivity index (χ1v) is 11.0. The Balaban J connectivity index is 1.43. The molecule has 0 aliphatic heterocycles. The van der Waals surface area contributed by atoms with Crippen LogP contribution in [0.15, 0.2) is 54.6 Å². The highest BCUT2D eigenvalue weighted by Gasteiger charge is 2.18. The van der Waals surface area contributed by atoms with Gasteiger partial charge in [-0.25, -0.2) is 4.98 Å². The molecule has 162 valence electrons. The molecule has 0 fully saturated rings. The number of rotatable bonds is 5. The summed E-state index contributed by atoms with van der Waals surface area (Å²) in [5.41, 5.74) is 8.37. The lowest BCUT2D eigenvalue weighted by molar-refractivity contribution is -0.122. The smallest absolute Gasteiger partial charge is 0.281 e. The van der Waals surface area contributed by atoms with Crippen LogP contribution < -0.4 is 10.9 Å². The molecule has 0 radical (unpaired) electrons. The first-order valence-electron chi connectivity index (χ1n) is 9.76. The molecule has 0 saturated heterocycles. The number of H-pyrrole nitrogens is 1. The second-order valence-corrected chi connectivity index (χ2v) is 8.49. The Hall–Kier alpha value is -3.63. The van der Waals surface area contributed by atoms with Gasteiger partial charge in [-0.05, 0) is 26.1 Å². The van der Waals surface area contributed by atoms with Crippen LogP contribution in [-0.2, 0) is 11.3 Å². The molecular formula is C22H20N6O2S2. The third-order valence-electron chi connectivity index (χ3n) is 4.71. The van der Waals surface area contributed by atoms with Crippen molar-refractivity contribution < 1.29 is 9.59 Å². The Kier molecular flexibility index (Phi) is 6.24. The third kappa shape index (κ3) is 4.66. The van der Waals surface area contributed by atoms with E-state index in [2.05, 4.69) is 26.0 Å². The number of aryl methyl sites for hydroxylation is 2. The van der Waals surface area contributed by atoms with Crippen LogP contribution in [0.4, 0.5) is 0 Å². The predicted molar refractivity (Wildman–Crippen MR) is 125 cm³/mol. The normalized spacial score (nSPS) is 10.7. The van der Waals surface area contributed by atoms with Crippen molar-refractivity contribution >= 4 is 35.4 Å². The van der Waals surface area contributed by atoms with E-state index in [1.807, 2.05) is 61.5 Å². The van der Waals surface area contributed by atoms with Gasteiger partial charge in [-0.2, -0.15) is 5.10 Å². The van der Waals surface area contributed by atoms with Gasteiger partial charge in [0, 0.05) is 11.1 Å². The molecule has 0 atom stereocenters. The zero-order valence-electron chi connectivity index (χ0n) is 17.4. The first kappa shape index (κ1) is 21.6. The number of benzene rings is 2. The number of hydrazine groups is 1. The zero-order chi connectivity index (χ0) is 22.7. The van der Waals surface area contributed by atoms with Crippen LogP contribution in [-0.4, -0.2) is 31.6 Å². The van der Waals surface area contributed by atoms with Crippen LogP contribution in [0.5, 0.6) is 0 Å². The van der Waals surface area contributed by atoms with Gasteiger partial charge < -0.3 is 0 Å². The minimum atomic E-state index is -0.435. The highest BCUT2D eigenvalue weighted by Crippen LogP contribution is 2.27. The van der Waals surface area contributed by atoms with E-state index >= 15 is 0 Å². The van der Waals surface area contributed by atoms with Crippen LogP contribution in [0.3, 0.4) is 0 Å². The van der Waals surface area contributed by atoms with Crippen molar-refractivity contribution in [3.8, 4) is 22.0 Å². The van der Waals surface area contributed by atoms with E-state index in [-0.39, 0.29) is 6.54 Å². The molecular weight excluding hydrogens is 444 g/mol. The maximum absolute atomic E-state index is 12.6. The highest BCUT2D eigenvalue weighted by molar-refractivity contribution is 7.71. The van der Waals surface area contributed by atoms with Crippen LogP contribution in [0, 0.1) is 18.6 Å². The SMILES string of the molecule is Cc1ccc(-c2n[nH]c(=S)n2CC(=O)NNC(=O)c2sc(-c3ccccc3)nc2C)cc1. The summed E-state index contributed by atoms with van der Waals surface area (Å²) >= 11 is 6.54. The van der Waals surface area contributed by atoms with Crippen molar-refractivity contribution in [3.05, 3.63) is 75.5 Å². The summed E-state index contributed by atoms with van der Waals surface area (Å²) in [4.78, 5) is 30.0. The average Bonchev–Trinajstić information content (AvgIpc) is 3.36. The number of carbonyl (C=O) groups excluding carboxylic acids is 2. The molecule has 2 heterocycles. The summed E-state index contributed by atoms with van der Waals surface area (Å²) in [6, 6.07) is 17.3. The minimum Gasteiger partial charge on any atom is -0.291 e. The largest absolute Gasteiger partial charge is 0.291 e. The van der Waals surface area contributed by atoms with Gasteiger partial charge in [0.25, 0.3) is 11.8 Å². The van der Waals surface area contributed by atoms with Crippen molar-refractivity contribution in [2.75, 3.05) is 0 Å². The summed E-state index contributed by atoms with van der Waals surface area (Å²) < 4.78 is 1.89. The lowest BCUT2D eigenvalue weighted by Crippen LogP contribution is -2.43. The van der Waals surface area contributed by atoms with E-state index in [1.165, 1.54) is 11.3 Å². The van der Waals surface area contributed by atoms with Crippen molar-refractivity contribution in [2.45, 2.75) is 20.4 Å². The molecule has 4 aromatic rings. The van der Waals surface area contributed by atoms with Gasteiger partial charge in [-0.15, -0.1) is 11.3 Å². The minimum absolute atomic E-state index is 0.101. The fraction of sp³-hybridized carbons (Fsp3) is 0.136. The van der Waals surface area contributed by atoms with Crippen LogP contribution in [0.2, 0.25) is 0 Å². The second-order valence-electron chi connectivity index (χ2n) is 7.11. The maximum atomic E-state index is 12.6. The van der Waals surface area contributed by atoms with E-state index in [0.29, 0.717) is 21.2 Å². The monoisotopic (exact) mass is 464 g/mol. The summed E-state index contributed by atoms with van der Waals surface area (Å²) in [5.74, 6) is -0.318. The van der Waals surface area contributed by atoms with Crippen molar-refractivity contribution in [3.63, 3.8) is 0 Å². The molecule has 0 bridgehead atoms. The van der Waals surface area contributed by atoms with Crippen LogP contribution in [0.25, 0.3) is 22.0 Å². The van der Waals surface area contributed by atoms with Crippen molar-refractivity contribution in [1.29, 1.82) is 0 Å². The fourth-order valence-electron chi connectivity index (χ4n) is 3.07. The number of hydrogen-bond donors (Lipinski definition) is 3. The molecule has 2 amide bonds. The van der Waals surface area contributed by atoms with Gasteiger partial charge in [0.1, 0.15) is 16.4 Å². The predicted octanol–water partition coefficient (Wildman–Crippen LogP) is 3.81. The number of amides is 2. The number of carbonyl (C=O) groups is 2. The molecule has 2 aromatic carbocycles. The van der Waals surface area contributed by atoms with Gasteiger partial charge in [0.2, 0.25) is 0 Å². The molecule has 0 unspecified atom stereocenters. The average molecular weight is 465 g/mol. The second kappa shape index (κ2) is 9.25. The van der Waals surface area contributed by atoms with Crippen molar-refractivity contribution in [1.82, 2.24) is 30.6 Å². The Morgan fingerprint density at radius 1 is 1.03 bits per heavy atom. The summed E-state index contributed by atoms with van der Waals surface area (Å²) in [6.07, 6.45) is 0. The Labute approximate surface area is 193 Å². The van der Waals surface area contributed by atoms with Gasteiger partial charge in [-0.3, -0.25) is 30.1 Å². The van der Waals surface area contributed by atoms with Gasteiger partial charge >= 0.3 is 0 Å². The Morgan fingerprint density at radius 2 is 1.75 bits per heavy atom. The van der Waals surface area contributed by atoms with E-state index in [0.717, 1.165) is 21.7 Å². The van der Waals surface area contributed by atoms with Crippen molar-refractivity contribution in [2.24, 2.45) is 0 Å².